The zero-order valence-electron chi connectivity index (χ0n) is 7.63. The van der Waals surface area contributed by atoms with Crippen LogP contribution < -0.4 is 5.32 Å². The molecule has 1 unspecified atom stereocenters. The Kier molecular flexibility index (Phi) is 4.42. The van der Waals surface area contributed by atoms with E-state index < -0.39 is 6.10 Å². The summed E-state index contributed by atoms with van der Waals surface area (Å²) in [6.07, 6.45) is -0.409. The normalized spacial score (nSPS) is 12.8. The Labute approximate surface area is 87.1 Å². The Morgan fingerprint density at radius 2 is 2.00 bits per heavy atom. The van der Waals surface area contributed by atoms with Crippen LogP contribution in [0, 0.1) is 0 Å². The smallest absolute Gasteiger partial charge is 0.0914 e. The van der Waals surface area contributed by atoms with E-state index in [1.54, 1.807) is 0 Å². The summed E-state index contributed by atoms with van der Waals surface area (Å²) < 4.78 is 1.03. The van der Waals surface area contributed by atoms with E-state index in [9.17, 15) is 5.11 Å². The van der Waals surface area contributed by atoms with Gasteiger partial charge < -0.3 is 10.4 Å². The highest BCUT2D eigenvalue weighted by Gasteiger charge is 2.05. The van der Waals surface area contributed by atoms with Gasteiger partial charge in [-0.25, -0.2) is 0 Å². The minimum absolute atomic E-state index is 0.409. The van der Waals surface area contributed by atoms with Gasteiger partial charge in [0.25, 0.3) is 0 Å². The molecule has 1 aromatic carbocycles. The maximum Gasteiger partial charge on any atom is 0.0914 e. The first-order valence-corrected chi connectivity index (χ1v) is 5.17. The summed E-state index contributed by atoms with van der Waals surface area (Å²) >= 11 is 3.35. The molecule has 1 aromatic rings. The first-order chi connectivity index (χ1) is 6.24. The minimum atomic E-state index is -0.409. The van der Waals surface area contributed by atoms with Gasteiger partial charge in [-0.05, 0) is 24.2 Å². The SMILES string of the molecule is CCNCC(O)c1ccc(Br)cc1. The minimum Gasteiger partial charge on any atom is -0.387 e. The molecule has 13 heavy (non-hydrogen) atoms. The van der Waals surface area contributed by atoms with Gasteiger partial charge in [0.2, 0.25) is 0 Å². The average Bonchev–Trinajstić information content (AvgIpc) is 2.15. The largest absolute Gasteiger partial charge is 0.387 e. The summed E-state index contributed by atoms with van der Waals surface area (Å²) in [6.45, 7) is 3.51. The monoisotopic (exact) mass is 243 g/mol. The van der Waals surface area contributed by atoms with E-state index in [2.05, 4.69) is 21.2 Å². The summed E-state index contributed by atoms with van der Waals surface area (Å²) in [5.74, 6) is 0. The van der Waals surface area contributed by atoms with Crippen LogP contribution in [0.5, 0.6) is 0 Å². The molecule has 1 atom stereocenters. The molecule has 0 aromatic heterocycles. The van der Waals surface area contributed by atoms with E-state index in [1.165, 1.54) is 0 Å². The third kappa shape index (κ3) is 3.46. The van der Waals surface area contributed by atoms with Gasteiger partial charge in [-0.3, -0.25) is 0 Å². The fourth-order valence-corrected chi connectivity index (χ4v) is 1.35. The van der Waals surface area contributed by atoms with Crippen molar-refractivity contribution in [3.05, 3.63) is 34.3 Å². The van der Waals surface area contributed by atoms with Crippen LogP contribution in [-0.2, 0) is 0 Å². The first kappa shape index (κ1) is 10.7. The van der Waals surface area contributed by atoms with Crippen molar-refractivity contribution in [3.63, 3.8) is 0 Å². The molecule has 0 amide bonds. The number of hydrogen-bond donors (Lipinski definition) is 2. The van der Waals surface area contributed by atoms with Crippen LogP contribution in [-0.4, -0.2) is 18.2 Å². The third-order valence-corrected chi connectivity index (χ3v) is 2.37. The quantitative estimate of drug-likeness (QED) is 0.850. The molecule has 0 aliphatic rings. The van der Waals surface area contributed by atoms with Crippen LogP contribution >= 0.6 is 15.9 Å². The van der Waals surface area contributed by atoms with E-state index >= 15 is 0 Å². The van der Waals surface area contributed by atoms with Crippen LogP contribution in [0.25, 0.3) is 0 Å². The number of hydrogen-bond acceptors (Lipinski definition) is 2. The van der Waals surface area contributed by atoms with Gasteiger partial charge in [-0.15, -0.1) is 0 Å². The Balaban J connectivity index is 2.55. The number of aliphatic hydroxyl groups excluding tert-OH is 1. The zero-order valence-corrected chi connectivity index (χ0v) is 9.21. The van der Waals surface area contributed by atoms with Gasteiger partial charge in [-0.2, -0.15) is 0 Å². The topological polar surface area (TPSA) is 32.3 Å². The zero-order chi connectivity index (χ0) is 9.68. The van der Waals surface area contributed by atoms with Crippen molar-refractivity contribution < 1.29 is 5.11 Å². The van der Waals surface area contributed by atoms with Crippen molar-refractivity contribution in [2.75, 3.05) is 13.1 Å². The van der Waals surface area contributed by atoms with Crippen LogP contribution in [0.1, 0.15) is 18.6 Å². The summed E-state index contributed by atoms with van der Waals surface area (Å²) in [6, 6.07) is 7.72. The second-order valence-electron chi connectivity index (χ2n) is 2.88. The van der Waals surface area contributed by atoms with Crippen molar-refractivity contribution in [1.82, 2.24) is 5.32 Å². The number of likely N-dealkylation sites (N-methyl/N-ethyl adjacent to an activating group) is 1. The number of halogens is 1. The summed E-state index contributed by atoms with van der Waals surface area (Å²) in [5, 5.41) is 12.8. The molecule has 3 heteroatoms. The highest BCUT2D eigenvalue weighted by Crippen LogP contribution is 2.15. The van der Waals surface area contributed by atoms with Crippen LogP contribution in [0.15, 0.2) is 28.7 Å². The Bertz CT molecular complexity index is 248. The Morgan fingerprint density at radius 1 is 1.38 bits per heavy atom. The maximum atomic E-state index is 9.66. The fourth-order valence-electron chi connectivity index (χ4n) is 1.08. The van der Waals surface area contributed by atoms with Gasteiger partial charge in [0.05, 0.1) is 6.10 Å². The predicted octanol–water partition coefficient (Wildman–Crippen LogP) is 2.09. The molecule has 1 rings (SSSR count). The van der Waals surface area contributed by atoms with Crippen LogP contribution in [0.2, 0.25) is 0 Å². The number of rotatable bonds is 4. The van der Waals surface area contributed by atoms with Crippen LogP contribution in [0.4, 0.5) is 0 Å². The summed E-state index contributed by atoms with van der Waals surface area (Å²) in [4.78, 5) is 0. The first-order valence-electron chi connectivity index (χ1n) is 4.38. The van der Waals surface area contributed by atoms with Crippen LogP contribution in [0.3, 0.4) is 0 Å². The molecule has 0 saturated carbocycles. The van der Waals surface area contributed by atoms with E-state index in [4.69, 9.17) is 0 Å². The molecule has 0 radical (unpaired) electrons. The third-order valence-electron chi connectivity index (χ3n) is 1.84. The molecule has 0 fully saturated rings. The predicted molar refractivity (Wildman–Crippen MR) is 57.6 cm³/mol. The molecule has 0 saturated heterocycles. The molecule has 0 spiro atoms. The molecule has 72 valence electrons. The Hall–Kier alpha value is -0.380. The van der Waals surface area contributed by atoms with Crippen molar-refractivity contribution >= 4 is 15.9 Å². The lowest BCUT2D eigenvalue weighted by Crippen LogP contribution is -2.20. The second-order valence-corrected chi connectivity index (χ2v) is 3.79. The summed E-state index contributed by atoms with van der Waals surface area (Å²) in [7, 11) is 0. The van der Waals surface area contributed by atoms with Crippen molar-refractivity contribution in [1.29, 1.82) is 0 Å². The van der Waals surface area contributed by atoms with Gasteiger partial charge in [0.1, 0.15) is 0 Å². The molecule has 0 aliphatic carbocycles. The standard InChI is InChI=1S/C10H14BrNO/c1-2-12-7-10(13)8-3-5-9(11)6-4-8/h3-6,10,12-13H,2,7H2,1H3. The highest BCUT2D eigenvalue weighted by atomic mass is 79.9. The van der Waals surface area contributed by atoms with E-state index in [-0.39, 0.29) is 0 Å². The van der Waals surface area contributed by atoms with Crippen molar-refractivity contribution in [3.8, 4) is 0 Å². The lowest BCUT2D eigenvalue weighted by atomic mass is 10.1. The van der Waals surface area contributed by atoms with E-state index in [0.717, 1.165) is 16.6 Å². The lowest BCUT2D eigenvalue weighted by Gasteiger charge is -2.10. The molecule has 0 aliphatic heterocycles. The van der Waals surface area contributed by atoms with E-state index in [0.29, 0.717) is 6.54 Å². The molecule has 2 nitrogen and oxygen atoms in total. The van der Waals surface area contributed by atoms with Gasteiger partial charge in [-0.1, -0.05) is 35.0 Å². The Morgan fingerprint density at radius 3 is 2.54 bits per heavy atom. The van der Waals surface area contributed by atoms with E-state index in [1.807, 2.05) is 31.2 Å². The van der Waals surface area contributed by atoms with Crippen molar-refractivity contribution in [2.45, 2.75) is 13.0 Å². The van der Waals surface area contributed by atoms with Crippen molar-refractivity contribution in [2.24, 2.45) is 0 Å². The second kappa shape index (κ2) is 5.37. The summed E-state index contributed by atoms with van der Waals surface area (Å²) in [5.41, 5.74) is 0.948. The van der Waals surface area contributed by atoms with Gasteiger partial charge in [0, 0.05) is 11.0 Å². The molecular formula is C10H14BrNO. The molecule has 2 N–H and O–H groups in total. The lowest BCUT2D eigenvalue weighted by molar-refractivity contribution is 0.175. The molecule has 0 heterocycles. The maximum absolute atomic E-state index is 9.66. The number of benzene rings is 1. The van der Waals surface area contributed by atoms with Gasteiger partial charge in [0.15, 0.2) is 0 Å². The molecule has 0 bridgehead atoms. The van der Waals surface area contributed by atoms with Gasteiger partial charge >= 0.3 is 0 Å². The molecular weight excluding hydrogens is 230 g/mol. The average molecular weight is 244 g/mol. The number of aliphatic hydroxyl groups is 1. The number of nitrogens with one attached hydrogen (secondary N) is 1. The highest BCUT2D eigenvalue weighted by molar-refractivity contribution is 9.10. The fraction of sp³-hybridized carbons (Fsp3) is 0.400.